The Morgan fingerprint density at radius 1 is 1.35 bits per heavy atom. The number of likely N-dealkylation sites (N-methyl/N-ethyl adjacent to an activating group) is 1. The first-order valence-electron chi connectivity index (χ1n) is 7.69. The molecule has 1 atom stereocenters. The van der Waals surface area contributed by atoms with Crippen LogP contribution >= 0.6 is 24.8 Å². The van der Waals surface area contributed by atoms with E-state index in [9.17, 15) is 4.79 Å². The predicted octanol–water partition coefficient (Wildman–Crippen LogP) is 1.47. The molecule has 2 aliphatic heterocycles. The van der Waals surface area contributed by atoms with Crippen LogP contribution in [0.2, 0.25) is 0 Å². The van der Waals surface area contributed by atoms with E-state index in [-0.39, 0.29) is 36.8 Å². The molecule has 3 rings (SSSR count). The highest BCUT2D eigenvalue weighted by atomic mass is 35.5. The normalized spacial score (nSPS) is 20.1. The zero-order chi connectivity index (χ0) is 14.7. The highest BCUT2D eigenvalue weighted by Crippen LogP contribution is 2.17. The van der Waals surface area contributed by atoms with E-state index >= 15 is 0 Å². The minimum atomic E-state index is -0.338. The molecule has 1 aromatic carbocycles. The molecule has 7 heteroatoms. The Morgan fingerprint density at radius 3 is 2.91 bits per heavy atom. The average Bonchev–Trinajstić information content (AvgIpc) is 3.00. The van der Waals surface area contributed by atoms with Crippen LogP contribution in [0.15, 0.2) is 18.2 Å². The van der Waals surface area contributed by atoms with Crippen LogP contribution in [0.4, 0.5) is 0 Å². The molecule has 0 saturated carbocycles. The summed E-state index contributed by atoms with van der Waals surface area (Å²) in [4.78, 5) is 14.4. The lowest BCUT2D eigenvalue weighted by atomic mass is 10.1. The van der Waals surface area contributed by atoms with Crippen molar-refractivity contribution in [2.45, 2.75) is 32.7 Å². The maximum absolute atomic E-state index is 12.2. The average molecular weight is 362 g/mol. The molecule has 1 saturated heterocycles. The quantitative estimate of drug-likeness (QED) is 0.852. The number of carbonyl (C=O) groups excluding carboxylic acids is 1. The topological polar surface area (TPSA) is 53.6 Å². The lowest BCUT2D eigenvalue weighted by molar-refractivity contribution is -0.138. The number of carbonyl (C=O) groups is 1. The summed E-state index contributed by atoms with van der Waals surface area (Å²) in [5.41, 5.74) is 3.85. The van der Waals surface area contributed by atoms with Crippen molar-refractivity contribution in [1.82, 2.24) is 15.5 Å². The summed E-state index contributed by atoms with van der Waals surface area (Å²) >= 11 is 0. The van der Waals surface area contributed by atoms with Gasteiger partial charge in [0.25, 0.3) is 5.91 Å². The van der Waals surface area contributed by atoms with Crippen LogP contribution < -0.4 is 10.6 Å². The number of nitrogens with zero attached hydrogens (tertiary/aromatic N) is 1. The lowest BCUT2D eigenvalue weighted by Crippen LogP contribution is -2.49. The van der Waals surface area contributed by atoms with Crippen LogP contribution in [0.3, 0.4) is 0 Å². The van der Waals surface area contributed by atoms with E-state index in [2.05, 4.69) is 40.7 Å². The Balaban J connectivity index is 0.00000132. The fourth-order valence-electron chi connectivity index (χ4n) is 2.91. The van der Waals surface area contributed by atoms with Gasteiger partial charge in [-0.15, -0.1) is 24.8 Å². The van der Waals surface area contributed by atoms with Gasteiger partial charge in [0.2, 0.25) is 0 Å². The fraction of sp³-hybridized carbons (Fsp3) is 0.562. The third kappa shape index (κ3) is 5.06. The summed E-state index contributed by atoms with van der Waals surface area (Å²) in [6.07, 6.45) is -0.338. The molecule has 2 aliphatic rings. The summed E-state index contributed by atoms with van der Waals surface area (Å²) in [6.45, 7) is 7.76. The molecule has 0 spiro atoms. The monoisotopic (exact) mass is 361 g/mol. The van der Waals surface area contributed by atoms with E-state index in [0.29, 0.717) is 19.7 Å². The number of amides is 1. The lowest BCUT2D eigenvalue weighted by Gasteiger charge is -2.31. The van der Waals surface area contributed by atoms with E-state index in [0.717, 1.165) is 31.7 Å². The summed E-state index contributed by atoms with van der Waals surface area (Å²) in [6, 6.07) is 6.41. The first-order valence-corrected chi connectivity index (χ1v) is 7.69. The number of hydrogen-bond acceptors (Lipinski definition) is 4. The summed E-state index contributed by atoms with van der Waals surface area (Å²) < 4.78 is 5.57. The highest BCUT2D eigenvalue weighted by molar-refractivity contribution is 5.85. The summed E-state index contributed by atoms with van der Waals surface area (Å²) in [5, 5.41) is 6.32. The minimum absolute atomic E-state index is 0. The second-order valence-corrected chi connectivity index (χ2v) is 5.68. The van der Waals surface area contributed by atoms with E-state index < -0.39 is 0 Å². The van der Waals surface area contributed by atoms with Crippen molar-refractivity contribution in [1.29, 1.82) is 0 Å². The number of halogens is 2. The smallest absolute Gasteiger partial charge is 0.250 e. The molecule has 1 fully saturated rings. The molecule has 0 radical (unpaired) electrons. The second kappa shape index (κ2) is 9.45. The molecule has 2 heterocycles. The highest BCUT2D eigenvalue weighted by Gasteiger charge is 2.25. The maximum atomic E-state index is 12.2. The third-order valence-electron chi connectivity index (χ3n) is 4.26. The number of morpholine rings is 1. The van der Waals surface area contributed by atoms with Gasteiger partial charge in [0.15, 0.2) is 0 Å². The van der Waals surface area contributed by atoms with Crippen molar-refractivity contribution in [3.63, 3.8) is 0 Å². The molecule has 1 aromatic rings. The molecule has 0 aliphatic carbocycles. The Labute approximate surface area is 150 Å². The molecule has 0 bridgehead atoms. The Bertz CT molecular complexity index is 528. The molecule has 0 aromatic heterocycles. The predicted molar refractivity (Wildman–Crippen MR) is 95.2 cm³/mol. The van der Waals surface area contributed by atoms with Crippen molar-refractivity contribution < 1.29 is 9.53 Å². The zero-order valence-corrected chi connectivity index (χ0v) is 15.0. The van der Waals surface area contributed by atoms with Gasteiger partial charge in [0.1, 0.15) is 6.10 Å². The number of ether oxygens (including phenoxy) is 1. The summed E-state index contributed by atoms with van der Waals surface area (Å²) in [5.74, 6) is -0.00762. The number of fused-ring (bicyclic) bond motifs is 1. The maximum Gasteiger partial charge on any atom is 0.250 e. The van der Waals surface area contributed by atoms with Crippen molar-refractivity contribution >= 4 is 30.7 Å². The van der Waals surface area contributed by atoms with Crippen LogP contribution in [-0.4, -0.2) is 43.2 Å². The van der Waals surface area contributed by atoms with Crippen LogP contribution in [-0.2, 0) is 29.2 Å². The largest absolute Gasteiger partial charge is 0.366 e. The Morgan fingerprint density at radius 2 is 2.13 bits per heavy atom. The fourth-order valence-corrected chi connectivity index (χ4v) is 2.91. The van der Waals surface area contributed by atoms with E-state index in [1.165, 1.54) is 11.1 Å². The van der Waals surface area contributed by atoms with E-state index in [4.69, 9.17) is 4.74 Å². The molecule has 5 nitrogen and oxygen atoms in total. The van der Waals surface area contributed by atoms with Crippen LogP contribution in [0.25, 0.3) is 0 Å². The number of benzene rings is 1. The van der Waals surface area contributed by atoms with Gasteiger partial charge in [-0.25, -0.2) is 0 Å². The third-order valence-corrected chi connectivity index (χ3v) is 4.26. The Kier molecular flexibility index (Phi) is 8.29. The van der Waals surface area contributed by atoms with Crippen molar-refractivity contribution in [2.75, 3.05) is 26.2 Å². The van der Waals surface area contributed by atoms with Gasteiger partial charge in [0.05, 0.1) is 6.61 Å². The molecular formula is C16H25Cl2N3O2. The zero-order valence-electron chi connectivity index (χ0n) is 13.3. The molecular weight excluding hydrogens is 337 g/mol. The number of hydrogen-bond donors (Lipinski definition) is 2. The second-order valence-electron chi connectivity index (χ2n) is 5.68. The molecule has 130 valence electrons. The van der Waals surface area contributed by atoms with Crippen LogP contribution in [0, 0.1) is 0 Å². The molecule has 2 N–H and O–H groups in total. The SMILES string of the molecule is CCN1CCOC(C(=O)NCc2ccc3c(c2)CNC3)C1.Cl.Cl. The first kappa shape index (κ1) is 20.2. The number of nitrogens with one attached hydrogen (secondary N) is 2. The Hall–Kier alpha value is -0.850. The van der Waals surface area contributed by atoms with Crippen molar-refractivity contribution in [3.8, 4) is 0 Å². The van der Waals surface area contributed by atoms with E-state index in [1.807, 2.05) is 0 Å². The van der Waals surface area contributed by atoms with E-state index in [1.54, 1.807) is 0 Å². The standard InChI is InChI=1S/C16H23N3O2.2ClH/c1-2-19-5-6-21-15(11-19)16(20)18-8-12-3-4-13-9-17-10-14(13)7-12;;/h3-4,7,15,17H,2,5-6,8-11H2,1H3,(H,18,20);2*1H. The summed E-state index contributed by atoms with van der Waals surface area (Å²) in [7, 11) is 0. The molecule has 1 amide bonds. The van der Waals surface area contributed by atoms with Crippen LogP contribution in [0.5, 0.6) is 0 Å². The van der Waals surface area contributed by atoms with Crippen molar-refractivity contribution in [3.05, 3.63) is 34.9 Å². The molecule has 23 heavy (non-hydrogen) atoms. The number of rotatable bonds is 4. The first-order chi connectivity index (χ1) is 10.3. The van der Waals surface area contributed by atoms with Gasteiger partial charge in [0, 0.05) is 32.7 Å². The van der Waals surface area contributed by atoms with Gasteiger partial charge in [-0.1, -0.05) is 25.1 Å². The van der Waals surface area contributed by atoms with Gasteiger partial charge in [-0.05, 0) is 23.2 Å². The van der Waals surface area contributed by atoms with Gasteiger partial charge in [-0.2, -0.15) is 0 Å². The molecule has 1 unspecified atom stereocenters. The van der Waals surface area contributed by atoms with Gasteiger partial charge >= 0.3 is 0 Å². The minimum Gasteiger partial charge on any atom is -0.366 e. The van der Waals surface area contributed by atoms with Crippen LogP contribution in [0.1, 0.15) is 23.6 Å². The van der Waals surface area contributed by atoms with Gasteiger partial charge < -0.3 is 15.4 Å². The van der Waals surface area contributed by atoms with Crippen molar-refractivity contribution in [2.24, 2.45) is 0 Å². The van der Waals surface area contributed by atoms with Gasteiger partial charge in [-0.3, -0.25) is 9.69 Å².